The zero-order valence-corrected chi connectivity index (χ0v) is 18.1. The zero-order valence-electron chi connectivity index (χ0n) is 18.1. The molecule has 0 aliphatic carbocycles. The summed E-state index contributed by atoms with van der Waals surface area (Å²) in [5.41, 5.74) is 2.83. The summed E-state index contributed by atoms with van der Waals surface area (Å²) in [6.07, 6.45) is 0.178. The predicted octanol–water partition coefficient (Wildman–Crippen LogP) is 4.18. The Bertz CT molecular complexity index is 984. The lowest BCUT2D eigenvalue weighted by molar-refractivity contribution is -0.151. The van der Waals surface area contributed by atoms with Crippen LogP contribution in [0.1, 0.15) is 29.0 Å². The number of rotatable bonds is 7. The van der Waals surface area contributed by atoms with Crippen molar-refractivity contribution in [1.82, 2.24) is 4.90 Å². The minimum absolute atomic E-state index is 0.122. The quantitative estimate of drug-likeness (QED) is 0.529. The van der Waals surface area contributed by atoms with Crippen LogP contribution in [0.5, 0.6) is 0 Å². The Morgan fingerprint density at radius 2 is 1.41 bits per heavy atom. The van der Waals surface area contributed by atoms with Gasteiger partial charge in [0.2, 0.25) is 5.91 Å². The second kappa shape index (κ2) is 10.2. The highest BCUT2D eigenvalue weighted by Gasteiger charge is 2.43. The summed E-state index contributed by atoms with van der Waals surface area (Å²) in [5.74, 6) is -1.04. The van der Waals surface area contributed by atoms with E-state index in [2.05, 4.69) is 0 Å². The molecule has 1 fully saturated rings. The molecule has 32 heavy (non-hydrogen) atoms. The van der Waals surface area contributed by atoms with Crippen LogP contribution >= 0.6 is 0 Å². The van der Waals surface area contributed by atoms with E-state index in [-0.39, 0.29) is 12.0 Å². The molecule has 0 spiro atoms. The third-order valence-corrected chi connectivity index (χ3v) is 5.86. The number of ether oxygens (including phenoxy) is 2. The maximum atomic E-state index is 13.9. The highest BCUT2D eigenvalue weighted by atomic mass is 16.5. The topological polar surface area (TPSA) is 55.8 Å². The fourth-order valence-electron chi connectivity index (χ4n) is 4.24. The van der Waals surface area contributed by atoms with Crippen molar-refractivity contribution in [1.29, 1.82) is 0 Å². The normalized spacial score (nSPS) is 18.0. The molecule has 0 unspecified atom stereocenters. The van der Waals surface area contributed by atoms with Crippen LogP contribution in [-0.4, -0.2) is 42.6 Å². The van der Waals surface area contributed by atoms with Gasteiger partial charge in [-0.1, -0.05) is 91.0 Å². The van der Waals surface area contributed by atoms with E-state index in [0.717, 1.165) is 16.7 Å². The fraction of sp³-hybridized carbons (Fsp3) is 0.259. The summed E-state index contributed by atoms with van der Waals surface area (Å²) in [5, 5.41) is 0. The number of hydrogen-bond acceptors (Lipinski definition) is 4. The summed E-state index contributed by atoms with van der Waals surface area (Å²) in [6, 6.07) is 28.5. The second-order valence-corrected chi connectivity index (χ2v) is 7.94. The number of likely N-dealkylation sites (tertiary alicyclic amines) is 1. The molecule has 3 aromatic rings. The SMILES string of the molecule is COC(=O)[C@@H]1C[C@@H](OCc2ccccc2)CN1C(=O)C(c1ccccc1)c1ccccc1. The highest BCUT2D eigenvalue weighted by Crippen LogP contribution is 2.31. The first-order valence-corrected chi connectivity index (χ1v) is 10.8. The molecule has 5 heteroatoms. The van der Waals surface area contributed by atoms with Crippen molar-refractivity contribution in [3.05, 3.63) is 108 Å². The number of benzene rings is 3. The van der Waals surface area contributed by atoms with E-state index < -0.39 is 17.9 Å². The molecule has 5 nitrogen and oxygen atoms in total. The van der Waals surface area contributed by atoms with Gasteiger partial charge in [0.25, 0.3) is 0 Å². The summed E-state index contributed by atoms with van der Waals surface area (Å²) in [6.45, 7) is 0.782. The Morgan fingerprint density at radius 1 is 0.875 bits per heavy atom. The van der Waals surface area contributed by atoms with E-state index in [9.17, 15) is 9.59 Å². The van der Waals surface area contributed by atoms with Gasteiger partial charge >= 0.3 is 5.97 Å². The van der Waals surface area contributed by atoms with E-state index in [4.69, 9.17) is 9.47 Å². The number of carbonyl (C=O) groups excluding carboxylic acids is 2. The van der Waals surface area contributed by atoms with E-state index in [1.54, 1.807) is 4.90 Å². The van der Waals surface area contributed by atoms with Crippen molar-refractivity contribution < 1.29 is 19.1 Å². The molecular weight excluding hydrogens is 402 g/mol. The fourth-order valence-corrected chi connectivity index (χ4v) is 4.24. The molecule has 1 heterocycles. The van der Waals surface area contributed by atoms with Crippen molar-refractivity contribution in [2.24, 2.45) is 0 Å². The molecule has 0 saturated carbocycles. The molecule has 0 radical (unpaired) electrons. The van der Waals surface area contributed by atoms with Gasteiger partial charge in [0.15, 0.2) is 0 Å². The number of nitrogens with zero attached hydrogens (tertiary/aromatic N) is 1. The standard InChI is InChI=1S/C27H27NO4/c1-31-27(30)24-17-23(32-19-20-11-5-2-6-12-20)18-28(24)26(29)25(21-13-7-3-8-14-21)22-15-9-4-10-16-22/h2-16,23-25H,17-19H2,1H3/t23-,24+/m1/s1. The Morgan fingerprint density at radius 3 is 1.94 bits per heavy atom. The van der Waals surface area contributed by atoms with Crippen molar-refractivity contribution in [3.8, 4) is 0 Å². The molecule has 1 aliphatic heterocycles. The summed E-state index contributed by atoms with van der Waals surface area (Å²) in [7, 11) is 1.36. The average molecular weight is 430 g/mol. The number of esters is 1. The molecule has 3 aromatic carbocycles. The molecular formula is C27H27NO4. The lowest BCUT2D eigenvalue weighted by Gasteiger charge is -2.28. The second-order valence-electron chi connectivity index (χ2n) is 7.94. The summed E-state index contributed by atoms with van der Waals surface area (Å²) < 4.78 is 11.1. The molecule has 164 valence electrons. The number of methoxy groups -OCH3 is 1. The van der Waals surface area contributed by atoms with Gasteiger partial charge in [-0.05, 0) is 16.7 Å². The summed E-state index contributed by atoms with van der Waals surface area (Å²) >= 11 is 0. The lowest BCUT2D eigenvalue weighted by Crippen LogP contribution is -2.43. The Kier molecular flexibility index (Phi) is 6.97. The molecule has 2 atom stereocenters. The van der Waals surface area contributed by atoms with Gasteiger partial charge in [0.05, 0.1) is 25.7 Å². The maximum absolute atomic E-state index is 13.9. The zero-order chi connectivity index (χ0) is 22.3. The van der Waals surface area contributed by atoms with Crippen molar-refractivity contribution in [3.63, 3.8) is 0 Å². The van der Waals surface area contributed by atoms with Crippen LogP contribution in [0.4, 0.5) is 0 Å². The first kappa shape index (κ1) is 21.8. The van der Waals surface area contributed by atoms with Gasteiger partial charge in [-0.25, -0.2) is 4.79 Å². The third-order valence-electron chi connectivity index (χ3n) is 5.86. The minimum Gasteiger partial charge on any atom is -0.467 e. The Hall–Kier alpha value is -3.44. The first-order valence-electron chi connectivity index (χ1n) is 10.8. The van der Waals surface area contributed by atoms with Gasteiger partial charge in [-0.15, -0.1) is 0 Å². The Labute approximate surface area is 188 Å². The van der Waals surface area contributed by atoms with E-state index in [1.165, 1.54) is 7.11 Å². The molecule has 1 aliphatic rings. The van der Waals surface area contributed by atoms with Crippen LogP contribution in [0.2, 0.25) is 0 Å². The van der Waals surface area contributed by atoms with Gasteiger partial charge in [0, 0.05) is 13.0 Å². The average Bonchev–Trinajstić information content (AvgIpc) is 3.29. The van der Waals surface area contributed by atoms with Crippen LogP contribution in [0.25, 0.3) is 0 Å². The predicted molar refractivity (Wildman–Crippen MR) is 122 cm³/mol. The van der Waals surface area contributed by atoms with Crippen molar-refractivity contribution >= 4 is 11.9 Å². The summed E-state index contributed by atoms with van der Waals surface area (Å²) in [4.78, 5) is 28.1. The van der Waals surface area contributed by atoms with Gasteiger partial charge in [0.1, 0.15) is 6.04 Å². The molecule has 0 N–H and O–H groups in total. The smallest absolute Gasteiger partial charge is 0.328 e. The van der Waals surface area contributed by atoms with E-state index in [1.807, 2.05) is 91.0 Å². The van der Waals surface area contributed by atoms with Crippen LogP contribution in [0.3, 0.4) is 0 Å². The largest absolute Gasteiger partial charge is 0.467 e. The monoisotopic (exact) mass is 429 g/mol. The molecule has 1 saturated heterocycles. The van der Waals surface area contributed by atoms with E-state index >= 15 is 0 Å². The van der Waals surface area contributed by atoms with Crippen molar-refractivity contribution in [2.45, 2.75) is 31.1 Å². The molecule has 4 rings (SSSR count). The van der Waals surface area contributed by atoms with Gasteiger partial charge in [-0.3, -0.25) is 4.79 Å². The number of amides is 1. The number of carbonyl (C=O) groups is 2. The number of hydrogen-bond donors (Lipinski definition) is 0. The molecule has 0 bridgehead atoms. The van der Waals surface area contributed by atoms with Crippen LogP contribution in [0, 0.1) is 0 Å². The molecule has 0 aromatic heterocycles. The van der Waals surface area contributed by atoms with E-state index in [0.29, 0.717) is 19.6 Å². The maximum Gasteiger partial charge on any atom is 0.328 e. The highest BCUT2D eigenvalue weighted by molar-refractivity contribution is 5.91. The van der Waals surface area contributed by atoms with Crippen LogP contribution in [-0.2, 0) is 25.7 Å². The minimum atomic E-state index is -0.664. The van der Waals surface area contributed by atoms with Crippen LogP contribution in [0.15, 0.2) is 91.0 Å². The van der Waals surface area contributed by atoms with Crippen molar-refractivity contribution in [2.75, 3.05) is 13.7 Å². The first-order chi connectivity index (χ1) is 15.7. The molecule has 1 amide bonds. The Balaban J connectivity index is 1.58. The third kappa shape index (κ3) is 4.89. The van der Waals surface area contributed by atoms with Crippen LogP contribution < -0.4 is 0 Å². The lowest BCUT2D eigenvalue weighted by atomic mass is 9.90. The van der Waals surface area contributed by atoms with Gasteiger partial charge < -0.3 is 14.4 Å². The van der Waals surface area contributed by atoms with Gasteiger partial charge in [-0.2, -0.15) is 0 Å².